The van der Waals surface area contributed by atoms with Gasteiger partial charge in [0.1, 0.15) is 7.05 Å². The predicted octanol–water partition coefficient (Wildman–Crippen LogP) is 7.15. The van der Waals surface area contributed by atoms with Gasteiger partial charge in [0.15, 0.2) is 23.9 Å². The summed E-state index contributed by atoms with van der Waals surface area (Å²) in [5.74, 6) is 1.28. The van der Waals surface area contributed by atoms with E-state index in [0.29, 0.717) is 24.7 Å². The zero-order valence-electron chi connectivity index (χ0n) is 22.6. The number of carbonyl (C=O) groups is 1. The maximum atomic E-state index is 12.6. The van der Waals surface area contributed by atoms with Crippen molar-refractivity contribution in [1.82, 2.24) is 0 Å². The topological polar surface area (TPSA) is 42.7 Å². The lowest BCUT2D eigenvalue weighted by Gasteiger charge is -2.25. The largest absolute Gasteiger partial charge is 0.493 e. The van der Waals surface area contributed by atoms with Gasteiger partial charge in [-0.2, -0.15) is 0 Å². The predicted molar refractivity (Wildman–Crippen MR) is 144 cm³/mol. The van der Waals surface area contributed by atoms with E-state index in [1.54, 1.807) is 18.9 Å². The lowest BCUT2D eigenvalue weighted by molar-refractivity contribution is -0.671. The highest BCUT2D eigenvalue weighted by Gasteiger charge is 2.20. The summed E-state index contributed by atoms with van der Waals surface area (Å²) in [4.78, 5) is 14.3. The average Bonchev–Trinajstić information content (AvgIpc) is 2.86. The summed E-state index contributed by atoms with van der Waals surface area (Å²) < 4.78 is 13.8. The first-order valence-corrected chi connectivity index (χ1v) is 13.6. The first-order chi connectivity index (χ1) is 17.1. The summed E-state index contributed by atoms with van der Waals surface area (Å²) in [7, 11) is 3.63. The molecule has 0 aliphatic carbocycles. The molecule has 0 aliphatic rings. The van der Waals surface area contributed by atoms with Crippen molar-refractivity contribution in [3.05, 3.63) is 48.3 Å². The first-order valence-electron chi connectivity index (χ1n) is 13.6. The Balaban J connectivity index is 1.82. The number of aromatic nitrogens is 1. The zero-order chi connectivity index (χ0) is 25.3. The molecule has 2 aromatic rings. The van der Waals surface area contributed by atoms with Gasteiger partial charge in [0, 0.05) is 19.1 Å². The van der Waals surface area contributed by atoms with Gasteiger partial charge in [-0.15, -0.1) is 0 Å². The number of para-hydroxylation sites is 1. The minimum Gasteiger partial charge on any atom is -0.493 e. The van der Waals surface area contributed by atoms with Crippen molar-refractivity contribution >= 4 is 11.6 Å². The molecular weight excluding hydrogens is 436 g/mol. The van der Waals surface area contributed by atoms with Gasteiger partial charge in [0.2, 0.25) is 5.91 Å². The molecule has 35 heavy (non-hydrogen) atoms. The third kappa shape index (κ3) is 10.7. The van der Waals surface area contributed by atoms with Gasteiger partial charge in [-0.25, -0.2) is 4.57 Å². The minimum atomic E-state index is -0.0262. The van der Waals surface area contributed by atoms with Crippen LogP contribution in [0.4, 0.5) is 5.69 Å². The SMILES string of the molecule is CCCCCCCCCCCCCCOc1c(OC)cccc1N(Cc1cc[n+](C)cc1)C(C)=O. The molecule has 0 aliphatic heterocycles. The smallest absolute Gasteiger partial charge is 0.224 e. The molecule has 1 heterocycles. The molecule has 0 saturated carbocycles. The molecule has 1 aromatic heterocycles. The number of pyridine rings is 1. The molecule has 2 rings (SSSR count). The Labute approximate surface area is 213 Å². The van der Waals surface area contributed by atoms with E-state index in [0.717, 1.165) is 17.7 Å². The highest BCUT2D eigenvalue weighted by molar-refractivity contribution is 5.93. The van der Waals surface area contributed by atoms with E-state index < -0.39 is 0 Å². The van der Waals surface area contributed by atoms with Crippen molar-refractivity contribution in [2.75, 3.05) is 18.6 Å². The number of amides is 1. The summed E-state index contributed by atoms with van der Waals surface area (Å²) >= 11 is 0. The highest BCUT2D eigenvalue weighted by Crippen LogP contribution is 2.38. The van der Waals surface area contributed by atoms with Crippen molar-refractivity contribution in [2.45, 2.75) is 97.4 Å². The molecule has 0 atom stereocenters. The fraction of sp³-hybridized carbons (Fsp3) is 0.600. The molecule has 1 aromatic carbocycles. The number of hydrogen-bond donors (Lipinski definition) is 0. The number of benzene rings is 1. The number of carbonyl (C=O) groups excluding carboxylic acids is 1. The van der Waals surface area contributed by atoms with E-state index in [4.69, 9.17) is 9.47 Å². The molecule has 0 saturated heterocycles. The van der Waals surface area contributed by atoms with Gasteiger partial charge in [0.05, 0.1) is 25.9 Å². The summed E-state index contributed by atoms with van der Waals surface area (Å²) in [5, 5.41) is 0. The third-order valence-electron chi connectivity index (χ3n) is 6.48. The molecule has 0 radical (unpaired) electrons. The van der Waals surface area contributed by atoms with Gasteiger partial charge in [-0.05, 0) is 24.1 Å². The zero-order valence-corrected chi connectivity index (χ0v) is 22.6. The van der Waals surface area contributed by atoms with Crippen molar-refractivity contribution in [2.24, 2.45) is 7.05 Å². The summed E-state index contributed by atoms with van der Waals surface area (Å²) in [6, 6.07) is 9.80. The van der Waals surface area contributed by atoms with E-state index in [2.05, 4.69) is 6.92 Å². The number of unbranched alkanes of at least 4 members (excludes halogenated alkanes) is 11. The average molecular weight is 484 g/mol. The van der Waals surface area contributed by atoms with Gasteiger partial charge >= 0.3 is 0 Å². The van der Waals surface area contributed by atoms with E-state index in [1.165, 1.54) is 70.6 Å². The fourth-order valence-corrected chi connectivity index (χ4v) is 4.33. The minimum absolute atomic E-state index is 0.0262. The van der Waals surface area contributed by atoms with Gasteiger partial charge in [-0.1, -0.05) is 83.6 Å². The Morgan fingerprint density at radius 3 is 1.97 bits per heavy atom. The van der Waals surface area contributed by atoms with Crippen LogP contribution in [0.15, 0.2) is 42.7 Å². The Hall–Kier alpha value is -2.56. The number of hydrogen-bond acceptors (Lipinski definition) is 3. The monoisotopic (exact) mass is 483 g/mol. The normalized spacial score (nSPS) is 10.9. The third-order valence-corrected chi connectivity index (χ3v) is 6.48. The Bertz CT molecular complexity index is 851. The second-order valence-electron chi connectivity index (χ2n) is 9.52. The Morgan fingerprint density at radius 2 is 1.43 bits per heavy atom. The molecule has 1 amide bonds. The molecule has 0 bridgehead atoms. The van der Waals surface area contributed by atoms with E-state index >= 15 is 0 Å². The van der Waals surface area contributed by atoms with Crippen LogP contribution in [0, 0.1) is 0 Å². The van der Waals surface area contributed by atoms with Crippen molar-refractivity contribution in [3.8, 4) is 11.5 Å². The number of methoxy groups -OCH3 is 1. The van der Waals surface area contributed by atoms with Gasteiger partial charge < -0.3 is 14.4 Å². The molecular formula is C30H47N2O3+. The van der Waals surface area contributed by atoms with Crippen LogP contribution >= 0.6 is 0 Å². The summed E-state index contributed by atoms with van der Waals surface area (Å²) in [5.41, 5.74) is 1.82. The first kappa shape index (κ1) is 28.7. The quantitative estimate of drug-likeness (QED) is 0.167. The van der Waals surface area contributed by atoms with E-state index in [-0.39, 0.29) is 5.91 Å². The molecule has 5 heteroatoms. The van der Waals surface area contributed by atoms with Crippen molar-refractivity contribution < 1.29 is 18.8 Å². The number of anilines is 1. The van der Waals surface area contributed by atoms with Crippen LogP contribution in [0.3, 0.4) is 0 Å². The van der Waals surface area contributed by atoms with Crippen molar-refractivity contribution in [1.29, 1.82) is 0 Å². The molecule has 5 nitrogen and oxygen atoms in total. The number of rotatable bonds is 18. The summed E-state index contributed by atoms with van der Waals surface area (Å²) in [6.07, 6.45) is 19.7. The molecule has 0 unspecified atom stereocenters. The van der Waals surface area contributed by atoms with Gasteiger partial charge in [-0.3, -0.25) is 4.79 Å². The molecule has 194 valence electrons. The van der Waals surface area contributed by atoms with Crippen LogP contribution in [0.1, 0.15) is 96.5 Å². The fourth-order valence-electron chi connectivity index (χ4n) is 4.33. The Morgan fingerprint density at radius 1 is 0.857 bits per heavy atom. The number of ether oxygens (including phenoxy) is 2. The van der Waals surface area contributed by atoms with Crippen LogP contribution < -0.4 is 18.9 Å². The van der Waals surface area contributed by atoms with Crippen LogP contribution in [0.25, 0.3) is 0 Å². The molecule has 0 fully saturated rings. The van der Waals surface area contributed by atoms with Crippen LogP contribution in [-0.4, -0.2) is 19.6 Å². The van der Waals surface area contributed by atoms with Crippen LogP contribution in [0.5, 0.6) is 11.5 Å². The lowest BCUT2D eigenvalue weighted by atomic mass is 10.1. The maximum absolute atomic E-state index is 12.6. The van der Waals surface area contributed by atoms with Gasteiger partial charge in [0.25, 0.3) is 0 Å². The summed E-state index contributed by atoms with van der Waals surface area (Å²) in [6.45, 7) is 4.97. The van der Waals surface area contributed by atoms with Crippen LogP contribution in [0.2, 0.25) is 0 Å². The molecule has 0 N–H and O–H groups in total. The van der Waals surface area contributed by atoms with E-state index in [1.807, 2.05) is 54.3 Å². The number of aryl methyl sites for hydroxylation is 1. The second kappa shape index (κ2) is 17.0. The number of nitrogens with zero attached hydrogens (tertiary/aromatic N) is 2. The lowest BCUT2D eigenvalue weighted by Crippen LogP contribution is -2.30. The van der Waals surface area contributed by atoms with Crippen LogP contribution in [-0.2, 0) is 18.4 Å². The van der Waals surface area contributed by atoms with Crippen molar-refractivity contribution in [3.63, 3.8) is 0 Å². The maximum Gasteiger partial charge on any atom is 0.224 e. The highest BCUT2D eigenvalue weighted by atomic mass is 16.5. The van der Waals surface area contributed by atoms with E-state index in [9.17, 15) is 4.79 Å². The molecule has 0 spiro atoms. The Kier molecular flexibility index (Phi) is 13.9. The standard InChI is InChI=1S/C30H47N2O3/c1-5-6-7-8-9-10-11-12-13-14-15-16-24-35-30-28(18-17-19-29(30)34-4)32(26(2)33)25-27-20-22-31(3)23-21-27/h17-23H,5-16,24-25H2,1-4H3/q+1. The second-order valence-corrected chi connectivity index (χ2v) is 9.52.